The van der Waals surface area contributed by atoms with E-state index in [9.17, 15) is 4.79 Å². The number of ether oxygens (including phenoxy) is 4. The Kier molecular flexibility index (Phi) is 18.1. The van der Waals surface area contributed by atoms with E-state index in [1.165, 1.54) is 5.69 Å². The van der Waals surface area contributed by atoms with Crippen LogP contribution < -0.4 is 14.4 Å². The fourth-order valence-electron chi connectivity index (χ4n) is 9.71. The van der Waals surface area contributed by atoms with E-state index in [1.807, 2.05) is 23.9 Å². The molecule has 0 aliphatic carbocycles. The third kappa shape index (κ3) is 13.1. The molecule has 0 unspecified atom stereocenters. The molecule has 0 N–H and O–H groups in total. The number of hydrogen-bond acceptors (Lipinski definition) is 13. The van der Waals surface area contributed by atoms with Crippen molar-refractivity contribution in [1.29, 1.82) is 0 Å². The minimum Gasteiger partial charge on any atom is -0.493 e. The number of hydrogen-bond donors (Lipinski definition) is 0. The Morgan fingerprint density at radius 2 is 1.41 bits per heavy atom. The maximum Gasteiger partial charge on any atom is 0.166 e. The number of aldehydes is 1. The first-order valence-corrected chi connectivity index (χ1v) is 25.5. The molecule has 0 saturated carbocycles. The van der Waals surface area contributed by atoms with Crippen molar-refractivity contribution < 1.29 is 23.7 Å². The van der Waals surface area contributed by atoms with E-state index in [4.69, 9.17) is 24.0 Å². The SMILES string of the molecule is Cc1nn(C)c(COc2ccc(N3CCN(SN(C)C)CC3)cc2)c1-c1cccc2c(CCCOc3cccc4ccccc34)c(C=O)n(CCN3CCN(CCOCCOCCN(C)C)CC3)c12. The maximum absolute atomic E-state index is 13.4. The van der Waals surface area contributed by atoms with Crippen molar-refractivity contribution >= 4 is 45.8 Å². The van der Waals surface area contributed by atoms with Crippen LogP contribution in [0.4, 0.5) is 5.69 Å². The second kappa shape index (κ2) is 24.7. The number of rotatable bonds is 25. The summed E-state index contributed by atoms with van der Waals surface area (Å²) in [5, 5.41) is 8.33. The lowest BCUT2D eigenvalue weighted by molar-refractivity contribution is 0.0283. The fourth-order valence-corrected chi connectivity index (χ4v) is 10.5. The van der Waals surface area contributed by atoms with Crippen LogP contribution in [0.3, 0.4) is 0 Å². The molecule has 14 nitrogen and oxygen atoms in total. The van der Waals surface area contributed by atoms with Crippen LogP contribution in [-0.2, 0) is 36.1 Å². The molecule has 370 valence electrons. The van der Waals surface area contributed by atoms with Crippen LogP contribution in [0.2, 0.25) is 0 Å². The Bertz CT molecular complexity index is 2560. The second-order valence-electron chi connectivity index (χ2n) is 18.6. The van der Waals surface area contributed by atoms with E-state index in [1.54, 1.807) is 12.1 Å². The van der Waals surface area contributed by atoms with Gasteiger partial charge in [0.1, 0.15) is 18.1 Å². The molecule has 2 saturated heterocycles. The molecule has 2 aliphatic rings. The van der Waals surface area contributed by atoms with Gasteiger partial charge in [0, 0.05) is 125 Å². The zero-order valence-electron chi connectivity index (χ0n) is 41.8. The number of likely N-dealkylation sites (N-methyl/N-ethyl adjacent to an activating group) is 1. The summed E-state index contributed by atoms with van der Waals surface area (Å²) in [5.74, 6) is 1.70. The van der Waals surface area contributed by atoms with Gasteiger partial charge in [-0.3, -0.25) is 19.3 Å². The highest BCUT2D eigenvalue weighted by molar-refractivity contribution is 7.94. The standard InChI is InChI=1S/C54H73N9O5S/c1-42-53(51(58(6)55-42)41-68-45-21-19-44(20-22-45)61-28-30-62(31-29-61)69-57(4)5)49-16-10-15-48-47(17-11-35-67-52-18-9-13-43-12-7-8-14-46(43)52)50(40-64)63(54(48)49)32-27-59-23-25-60(26-24-59)34-37-66-39-38-65-36-33-56(2)3/h7-10,12-16,18-22,40H,11,17,23-39,41H2,1-6H3. The first-order valence-electron chi connectivity index (χ1n) is 24.7. The number of para-hydroxylation sites is 1. The Hall–Kier alpha value is -4.97. The van der Waals surface area contributed by atoms with Crippen LogP contribution in [0.1, 0.15) is 33.9 Å². The Morgan fingerprint density at radius 3 is 2.14 bits per heavy atom. The number of carbonyl (C=O) groups is 1. The van der Waals surface area contributed by atoms with E-state index in [2.05, 4.69) is 141 Å². The molecule has 0 amide bonds. The predicted octanol–water partition coefficient (Wildman–Crippen LogP) is 7.37. The number of carbonyl (C=O) groups excluding carboxylic acids is 1. The van der Waals surface area contributed by atoms with E-state index in [0.29, 0.717) is 46.0 Å². The van der Waals surface area contributed by atoms with Gasteiger partial charge in [-0.05, 0) is 89.2 Å². The normalized spacial score (nSPS) is 15.3. The van der Waals surface area contributed by atoms with Gasteiger partial charge in [-0.1, -0.05) is 54.6 Å². The number of nitrogens with zero attached hydrogens (tertiary/aromatic N) is 9. The molecule has 0 bridgehead atoms. The summed E-state index contributed by atoms with van der Waals surface area (Å²) >= 11 is 1.78. The van der Waals surface area contributed by atoms with Gasteiger partial charge < -0.3 is 33.3 Å². The minimum atomic E-state index is 0.350. The van der Waals surface area contributed by atoms with E-state index >= 15 is 0 Å². The van der Waals surface area contributed by atoms with Gasteiger partial charge in [-0.2, -0.15) is 5.10 Å². The highest BCUT2D eigenvalue weighted by Gasteiger charge is 2.26. The van der Waals surface area contributed by atoms with Gasteiger partial charge in [-0.15, -0.1) is 0 Å². The first kappa shape index (κ1) is 50.4. The molecule has 4 heterocycles. The minimum absolute atomic E-state index is 0.350. The maximum atomic E-state index is 13.4. The molecule has 2 aliphatic heterocycles. The number of aromatic nitrogens is 3. The van der Waals surface area contributed by atoms with E-state index in [0.717, 1.165) is 158 Å². The predicted molar refractivity (Wildman–Crippen MR) is 281 cm³/mol. The number of piperazine rings is 2. The molecule has 0 radical (unpaired) electrons. The smallest absolute Gasteiger partial charge is 0.166 e. The van der Waals surface area contributed by atoms with Crippen molar-refractivity contribution in [3.63, 3.8) is 0 Å². The van der Waals surface area contributed by atoms with Crippen LogP contribution in [0, 0.1) is 6.92 Å². The molecule has 69 heavy (non-hydrogen) atoms. The highest BCUT2D eigenvalue weighted by Crippen LogP contribution is 2.38. The molecule has 2 fully saturated rings. The average molecular weight is 960 g/mol. The van der Waals surface area contributed by atoms with E-state index < -0.39 is 0 Å². The summed E-state index contributed by atoms with van der Waals surface area (Å²) in [7, 11) is 10.3. The average Bonchev–Trinajstić information content (AvgIpc) is 3.83. The third-order valence-electron chi connectivity index (χ3n) is 13.3. The van der Waals surface area contributed by atoms with Gasteiger partial charge in [-0.25, -0.2) is 8.61 Å². The number of anilines is 1. The van der Waals surface area contributed by atoms with E-state index in [-0.39, 0.29) is 0 Å². The largest absolute Gasteiger partial charge is 0.493 e. The number of benzene rings is 4. The topological polar surface area (TPSA) is 96.2 Å². The third-order valence-corrected chi connectivity index (χ3v) is 14.3. The lowest BCUT2D eigenvalue weighted by atomic mass is 9.98. The zero-order chi connectivity index (χ0) is 48.1. The molecule has 8 rings (SSSR count). The summed E-state index contributed by atoms with van der Waals surface area (Å²) in [5.41, 5.74) is 8.10. The zero-order valence-corrected chi connectivity index (χ0v) is 42.6. The van der Waals surface area contributed by atoms with Gasteiger partial charge in [0.2, 0.25) is 0 Å². The highest BCUT2D eigenvalue weighted by atomic mass is 32.2. The molecular weight excluding hydrogens is 887 g/mol. The fraction of sp³-hybridized carbons (Fsp3) is 0.481. The second-order valence-corrected chi connectivity index (χ2v) is 20.0. The Labute approximate surface area is 413 Å². The molecule has 6 aromatic rings. The monoisotopic (exact) mass is 960 g/mol. The lowest BCUT2D eigenvalue weighted by Gasteiger charge is -2.36. The Morgan fingerprint density at radius 1 is 0.710 bits per heavy atom. The first-order chi connectivity index (χ1) is 33.7. The quantitative estimate of drug-likeness (QED) is 0.0325. The molecule has 0 atom stereocenters. The molecule has 0 spiro atoms. The van der Waals surface area contributed by atoms with Crippen LogP contribution in [0.5, 0.6) is 11.5 Å². The van der Waals surface area contributed by atoms with Crippen molar-refractivity contribution in [2.45, 2.75) is 32.9 Å². The molecule has 4 aromatic carbocycles. The Balaban J connectivity index is 0.981. The number of fused-ring (bicyclic) bond motifs is 2. The van der Waals surface area contributed by atoms with Crippen molar-refractivity contribution in [2.75, 3.05) is 138 Å². The van der Waals surface area contributed by atoms with Crippen LogP contribution in [0.15, 0.2) is 84.9 Å². The van der Waals surface area contributed by atoms with Crippen molar-refractivity contribution in [3.8, 4) is 22.6 Å². The van der Waals surface area contributed by atoms with Crippen LogP contribution >= 0.6 is 12.1 Å². The summed E-state index contributed by atoms with van der Waals surface area (Å²) in [4.78, 5) is 23.0. The van der Waals surface area contributed by atoms with Crippen LogP contribution in [-0.4, -0.2) is 177 Å². The molecule has 15 heteroatoms. The van der Waals surface area contributed by atoms with Crippen molar-refractivity contribution in [2.24, 2.45) is 7.05 Å². The summed E-state index contributed by atoms with van der Waals surface area (Å²) in [6, 6.07) is 29.5. The molecular formula is C54H73N9O5S. The van der Waals surface area contributed by atoms with Gasteiger partial charge in [0.25, 0.3) is 0 Å². The summed E-state index contributed by atoms with van der Waals surface area (Å²) < 4.78 is 33.4. The van der Waals surface area contributed by atoms with Crippen molar-refractivity contribution in [1.82, 2.24) is 37.7 Å². The number of aryl methyl sites for hydroxylation is 3. The summed E-state index contributed by atoms with van der Waals surface area (Å²) in [6.45, 7) is 16.9. The van der Waals surface area contributed by atoms with Crippen molar-refractivity contribution in [3.05, 3.63) is 108 Å². The van der Waals surface area contributed by atoms with Crippen LogP contribution in [0.25, 0.3) is 32.8 Å². The van der Waals surface area contributed by atoms with Gasteiger partial charge in [0.05, 0.1) is 55.6 Å². The van der Waals surface area contributed by atoms with Gasteiger partial charge in [0.15, 0.2) is 6.29 Å². The van der Waals surface area contributed by atoms with Gasteiger partial charge >= 0.3 is 0 Å². The summed E-state index contributed by atoms with van der Waals surface area (Å²) in [6.07, 6.45) is 2.54. The lowest BCUT2D eigenvalue weighted by Crippen LogP contribution is -2.48. The molecule has 2 aromatic heterocycles.